The molecule has 1 aliphatic heterocycles. The van der Waals surface area contributed by atoms with Crippen molar-refractivity contribution >= 4 is 5.91 Å². The summed E-state index contributed by atoms with van der Waals surface area (Å²) in [6.45, 7) is 7.26. The minimum atomic E-state index is -0.0349. The van der Waals surface area contributed by atoms with Gasteiger partial charge in [-0.05, 0) is 31.7 Å². The number of nitrogens with zero attached hydrogens (tertiary/aromatic N) is 2. The number of aromatic amines is 1. The number of H-pyrrole nitrogens is 1. The molecule has 5 heteroatoms. The van der Waals surface area contributed by atoms with Gasteiger partial charge in [-0.1, -0.05) is 20.8 Å². The summed E-state index contributed by atoms with van der Waals surface area (Å²) < 4.78 is 0. The van der Waals surface area contributed by atoms with Crippen LogP contribution in [0.2, 0.25) is 0 Å². The molecule has 1 aromatic rings. The van der Waals surface area contributed by atoms with Crippen molar-refractivity contribution in [3.05, 3.63) is 17.5 Å². The van der Waals surface area contributed by atoms with Crippen molar-refractivity contribution in [2.45, 2.75) is 57.9 Å². The van der Waals surface area contributed by atoms with Gasteiger partial charge in [0.1, 0.15) is 5.69 Å². The largest absolute Gasteiger partial charge is 0.396 e. The summed E-state index contributed by atoms with van der Waals surface area (Å²) in [6, 6.07) is 2.12. The fraction of sp³-hybridized carbons (Fsp3) is 0.733. The topological polar surface area (TPSA) is 69.2 Å². The highest BCUT2D eigenvalue weighted by molar-refractivity contribution is 5.92. The van der Waals surface area contributed by atoms with Crippen molar-refractivity contribution < 1.29 is 9.90 Å². The number of amides is 1. The van der Waals surface area contributed by atoms with Gasteiger partial charge in [0, 0.05) is 30.3 Å². The molecule has 2 rings (SSSR count). The Hall–Kier alpha value is -1.36. The van der Waals surface area contributed by atoms with E-state index in [2.05, 4.69) is 31.0 Å². The number of likely N-dealkylation sites (tertiary alicyclic amines) is 1. The lowest BCUT2D eigenvalue weighted by Gasteiger charge is -2.23. The molecule has 0 aromatic carbocycles. The van der Waals surface area contributed by atoms with Gasteiger partial charge < -0.3 is 10.0 Å². The van der Waals surface area contributed by atoms with E-state index in [-0.39, 0.29) is 24.0 Å². The number of rotatable bonds is 4. The monoisotopic (exact) mass is 279 g/mol. The molecule has 5 nitrogen and oxygen atoms in total. The molecule has 0 aliphatic carbocycles. The Bertz CT molecular complexity index is 462. The Morgan fingerprint density at radius 2 is 2.30 bits per heavy atom. The number of carbonyl (C=O) groups excluding carboxylic acids is 1. The van der Waals surface area contributed by atoms with E-state index in [4.69, 9.17) is 5.11 Å². The van der Waals surface area contributed by atoms with Gasteiger partial charge in [0.15, 0.2) is 0 Å². The number of aliphatic hydroxyl groups excluding tert-OH is 1. The van der Waals surface area contributed by atoms with Crippen molar-refractivity contribution in [3.8, 4) is 0 Å². The zero-order valence-corrected chi connectivity index (χ0v) is 12.6. The number of aliphatic hydroxyl groups is 1. The molecule has 20 heavy (non-hydrogen) atoms. The van der Waals surface area contributed by atoms with E-state index >= 15 is 0 Å². The summed E-state index contributed by atoms with van der Waals surface area (Å²) >= 11 is 0. The van der Waals surface area contributed by atoms with Gasteiger partial charge in [0.2, 0.25) is 0 Å². The molecule has 2 N–H and O–H groups in total. The molecule has 1 aliphatic rings. The van der Waals surface area contributed by atoms with Gasteiger partial charge in [-0.3, -0.25) is 9.89 Å². The highest BCUT2D eigenvalue weighted by atomic mass is 16.3. The fourth-order valence-electron chi connectivity index (χ4n) is 2.69. The molecule has 1 unspecified atom stereocenters. The summed E-state index contributed by atoms with van der Waals surface area (Å²) in [5.41, 5.74) is 1.45. The van der Waals surface area contributed by atoms with E-state index in [1.807, 2.05) is 11.0 Å². The van der Waals surface area contributed by atoms with Crippen LogP contribution in [0.3, 0.4) is 0 Å². The smallest absolute Gasteiger partial charge is 0.274 e. The molecule has 1 saturated heterocycles. The van der Waals surface area contributed by atoms with Crippen molar-refractivity contribution in [1.82, 2.24) is 15.1 Å². The van der Waals surface area contributed by atoms with Crippen LogP contribution in [-0.2, 0) is 5.41 Å². The van der Waals surface area contributed by atoms with Gasteiger partial charge in [-0.2, -0.15) is 5.10 Å². The lowest BCUT2D eigenvalue weighted by molar-refractivity contribution is 0.0718. The molecule has 112 valence electrons. The standard InChI is InChI=1S/C15H25N3O2/c1-15(2,3)13-10-12(16-17-13)14(20)18-8-4-6-11(18)7-5-9-19/h10-11,19H,4-9H2,1-3H3,(H,16,17). The van der Waals surface area contributed by atoms with Crippen molar-refractivity contribution in [2.75, 3.05) is 13.2 Å². The average Bonchev–Trinajstić information content (AvgIpc) is 3.03. The second-order valence-corrected chi connectivity index (χ2v) is 6.58. The van der Waals surface area contributed by atoms with E-state index in [1.54, 1.807) is 0 Å². The van der Waals surface area contributed by atoms with Crippen molar-refractivity contribution in [1.29, 1.82) is 0 Å². The molecule has 1 atom stereocenters. The molecule has 1 amide bonds. The molecule has 0 spiro atoms. The number of hydrogen-bond acceptors (Lipinski definition) is 3. The SMILES string of the molecule is CC(C)(C)c1cc(C(=O)N2CCCC2CCCO)n[nH]1. The molecule has 1 aromatic heterocycles. The summed E-state index contributed by atoms with van der Waals surface area (Å²) in [7, 11) is 0. The lowest BCUT2D eigenvalue weighted by Crippen LogP contribution is -2.35. The molecule has 1 fully saturated rings. The van der Waals surface area contributed by atoms with Crippen LogP contribution in [0.15, 0.2) is 6.07 Å². The molecule has 2 heterocycles. The fourth-order valence-corrected chi connectivity index (χ4v) is 2.69. The minimum Gasteiger partial charge on any atom is -0.396 e. The molecule has 0 radical (unpaired) electrons. The molecular weight excluding hydrogens is 254 g/mol. The Morgan fingerprint density at radius 1 is 1.55 bits per heavy atom. The number of hydrogen-bond donors (Lipinski definition) is 2. The van der Waals surface area contributed by atoms with Gasteiger partial charge in [0.25, 0.3) is 5.91 Å². The minimum absolute atomic E-state index is 0.0113. The second kappa shape index (κ2) is 5.95. The quantitative estimate of drug-likeness (QED) is 0.886. The maximum absolute atomic E-state index is 12.5. The maximum Gasteiger partial charge on any atom is 0.274 e. The van der Waals surface area contributed by atoms with Gasteiger partial charge in [0.05, 0.1) is 0 Å². The highest BCUT2D eigenvalue weighted by Crippen LogP contribution is 2.25. The normalized spacial score (nSPS) is 19.6. The third-order valence-electron chi connectivity index (χ3n) is 3.94. The molecular formula is C15H25N3O2. The average molecular weight is 279 g/mol. The number of aromatic nitrogens is 2. The van der Waals surface area contributed by atoms with E-state index in [0.29, 0.717) is 5.69 Å². The van der Waals surface area contributed by atoms with Crippen LogP contribution < -0.4 is 0 Å². The first kappa shape index (κ1) is 15.0. The van der Waals surface area contributed by atoms with Crippen LogP contribution in [0.25, 0.3) is 0 Å². The zero-order chi connectivity index (χ0) is 14.8. The van der Waals surface area contributed by atoms with Crippen LogP contribution in [0.5, 0.6) is 0 Å². The Kier molecular flexibility index (Phi) is 4.48. The lowest BCUT2D eigenvalue weighted by atomic mass is 9.92. The number of carbonyl (C=O) groups is 1. The zero-order valence-electron chi connectivity index (χ0n) is 12.6. The summed E-state index contributed by atoms with van der Waals surface area (Å²) in [5.74, 6) is 0.0113. The first-order valence-electron chi connectivity index (χ1n) is 7.41. The van der Waals surface area contributed by atoms with E-state index < -0.39 is 0 Å². The Balaban J connectivity index is 2.08. The highest BCUT2D eigenvalue weighted by Gasteiger charge is 2.30. The van der Waals surface area contributed by atoms with Gasteiger partial charge >= 0.3 is 0 Å². The second-order valence-electron chi connectivity index (χ2n) is 6.58. The van der Waals surface area contributed by atoms with Crippen molar-refractivity contribution in [3.63, 3.8) is 0 Å². The summed E-state index contributed by atoms with van der Waals surface area (Å²) in [4.78, 5) is 14.5. The maximum atomic E-state index is 12.5. The predicted octanol–water partition coefficient (Wildman–Crippen LogP) is 2.08. The van der Waals surface area contributed by atoms with Crippen LogP contribution in [0.1, 0.15) is 62.6 Å². The summed E-state index contributed by atoms with van der Waals surface area (Å²) in [6.07, 6.45) is 3.70. The number of nitrogens with one attached hydrogen (secondary N) is 1. The Labute approximate surface area is 120 Å². The van der Waals surface area contributed by atoms with E-state index in [0.717, 1.165) is 37.9 Å². The summed E-state index contributed by atoms with van der Waals surface area (Å²) in [5, 5.41) is 16.1. The van der Waals surface area contributed by atoms with E-state index in [1.165, 1.54) is 0 Å². The predicted molar refractivity (Wildman–Crippen MR) is 77.7 cm³/mol. The van der Waals surface area contributed by atoms with E-state index in [9.17, 15) is 4.79 Å². The first-order valence-corrected chi connectivity index (χ1v) is 7.41. The van der Waals surface area contributed by atoms with Crippen LogP contribution in [0.4, 0.5) is 0 Å². The first-order chi connectivity index (χ1) is 9.43. The van der Waals surface area contributed by atoms with Crippen molar-refractivity contribution in [2.24, 2.45) is 0 Å². The third-order valence-corrected chi connectivity index (χ3v) is 3.94. The third kappa shape index (κ3) is 3.20. The van der Waals surface area contributed by atoms with Crippen LogP contribution in [-0.4, -0.2) is 45.3 Å². The van der Waals surface area contributed by atoms with Gasteiger partial charge in [-0.25, -0.2) is 0 Å². The van der Waals surface area contributed by atoms with Crippen LogP contribution >= 0.6 is 0 Å². The van der Waals surface area contributed by atoms with Crippen LogP contribution in [0, 0.1) is 0 Å². The molecule has 0 bridgehead atoms. The molecule has 0 saturated carbocycles. The van der Waals surface area contributed by atoms with Gasteiger partial charge in [-0.15, -0.1) is 0 Å². The Morgan fingerprint density at radius 3 is 2.90 bits per heavy atom.